The van der Waals surface area contributed by atoms with Crippen molar-refractivity contribution >= 4 is 0 Å². The van der Waals surface area contributed by atoms with Gasteiger partial charge in [0.15, 0.2) is 0 Å². The molecule has 15 heavy (non-hydrogen) atoms. The second-order valence-corrected chi connectivity index (χ2v) is 5.14. The number of hydrogen-bond donors (Lipinski definition) is 0. The average molecular weight is 205 g/mol. The minimum atomic E-state index is 0.246. The molecule has 0 amide bonds. The molecule has 0 spiro atoms. The maximum atomic E-state index is 2.33. The Bertz CT molecular complexity index is 287. The third-order valence-corrected chi connectivity index (χ3v) is 3.74. The van der Waals surface area contributed by atoms with Gasteiger partial charge in [-0.15, -0.1) is 0 Å². The van der Waals surface area contributed by atoms with E-state index in [2.05, 4.69) is 70.1 Å². The molecule has 1 atom stereocenters. The van der Waals surface area contributed by atoms with Crippen molar-refractivity contribution in [3.63, 3.8) is 0 Å². The van der Waals surface area contributed by atoms with Crippen molar-refractivity contribution in [3.05, 3.63) is 35.9 Å². The summed E-state index contributed by atoms with van der Waals surface area (Å²) in [7, 11) is 4.31. The van der Waals surface area contributed by atoms with Crippen LogP contribution in [0, 0.1) is 5.92 Å². The van der Waals surface area contributed by atoms with Gasteiger partial charge in [-0.25, -0.2) is 0 Å². The van der Waals surface area contributed by atoms with Crippen molar-refractivity contribution in [2.24, 2.45) is 5.92 Å². The van der Waals surface area contributed by atoms with Crippen molar-refractivity contribution in [1.29, 1.82) is 0 Å². The van der Waals surface area contributed by atoms with Crippen LogP contribution in [0.5, 0.6) is 0 Å². The van der Waals surface area contributed by atoms with Crippen LogP contribution < -0.4 is 0 Å². The number of hydrogen-bond acceptors (Lipinski definition) is 1. The predicted molar refractivity (Wildman–Crippen MR) is 67.1 cm³/mol. The largest absolute Gasteiger partial charge is 0.304 e. The summed E-state index contributed by atoms with van der Waals surface area (Å²) in [6.07, 6.45) is 1.14. The Morgan fingerprint density at radius 2 is 1.67 bits per heavy atom. The summed E-state index contributed by atoms with van der Waals surface area (Å²) >= 11 is 0. The van der Waals surface area contributed by atoms with E-state index < -0.39 is 0 Å². The molecule has 1 aromatic carbocycles. The summed E-state index contributed by atoms with van der Waals surface area (Å²) < 4.78 is 0. The van der Waals surface area contributed by atoms with E-state index in [1.165, 1.54) is 5.56 Å². The molecule has 0 aliphatic heterocycles. The third kappa shape index (κ3) is 3.07. The van der Waals surface area contributed by atoms with Gasteiger partial charge in [0, 0.05) is 5.54 Å². The van der Waals surface area contributed by atoms with Crippen LogP contribution in [-0.4, -0.2) is 24.5 Å². The highest BCUT2D eigenvalue weighted by atomic mass is 15.1. The smallest absolute Gasteiger partial charge is 0.0175 e. The van der Waals surface area contributed by atoms with Gasteiger partial charge in [-0.1, -0.05) is 37.3 Å². The lowest BCUT2D eigenvalue weighted by molar-refractivity contribution is 0.126. The lowest BCUT2D eigenvalue weighted by Gasteiger charge is -2.38. The molecular formula is C14H23N. The number of nitrogens with zero attached hydrogens (tertiary/aromatic N) is 1. The highest BCUT2D eigenvalue weighted by molar-refractivity contribution is 5.15. The Morgan fingerprint density at radius 3 is 2.13 bits per heavy atom. The van der Waals surface area contributed by atoms with E-state index in [0.29, 0.717) is 5.92 Å². The van der Waals surface area contributed by atoms with E-state index in [4.69, 9.17) is 0 Å². The minimum absolute atomic E-state index is 0.246. The molecule has 0 aliphatic rings. The highest BCUT2D eigenvalue weighted by Crippen LogP contribution is 2.25. The molecule has 0 heterocycles. The van der Waals surface area contributed by atoms with Gasteiger partial charge in [0.1, 0.15) is 0 Å². The predicted octanol–water partition coefficient (Wildman–Crippen LogP) is 3.21. The van der Waals surface area contributed by atoms with Crippen molar-refractivity contribution in [2.45, 2.75) is 32.7 Å². The molecule has 84 valence electrons. The SMILES string of the molecule is CC(Cc1ccccc1)C(C)(C)N(C)C. The second kappa shape index (κ2) is 4.80. The molecule has 1 nitrogen and oxygen atoms in total. The monoisotopic (exact) mass is 205 g/mol. The zero-order valence-electron chi connectivity index (χ0n) is 10.6. The highest BCUT2D eigenvalue weighted by Gasteiger charge is 2.27. The Morgan fingerprint density at radius 1 is 1.13 bits per heavy atom. The molecule has 0 aliphatic carbocycles. The van der Waals surface area contributed by atoms with Crippen molar-refractivity contribution < 1.29 is 0 Å². The van der Waals surface area contributed by atoms with Crippen molar-refractivity contribution in [2.75, 3.05) is 14.1 Å². The van der Waals surface area contributed by atoms with E-state index in [9.17, 15) is 0 Å². The Hall–Kier alpha value is -0.820. The topological polar surface area (TPSA) is 3.24 Å². The molecule has 0 saturated carbocycles. The van der Waals surface area contributed by atoms with Crippen LogP contribution in [0.3, 0.4) is 0 Å². The van der Waals surface area contributed by atoms with Crippen LogP contribution in [0.4, 0.5) is 0 Å². The second-order valence-electron chi connectivity index (χ2n) is 5.14. The average Bonchev–Trinajstić information content (AvgIpc) is 2.18. The quantitative estimate of drug-likeness (QED) is 0.729. The van der Waals surface area contributed by atoms with Crippen LogP contribution in [-0.2, 0) is 6.42 Å². The van der Waals surface area contributed by atoms with Gasteiger partial charge in [0.25, 0.3) is 0 Å². The fourth-order valence-electron chi connectivity index (χ4n) is 1.66. The molecule has 0 saturated heterocycles. The zero-order valence-corrected chi connectivity index (χ0v) is 10.6. The maximum Gasteiger partial charge on any atom is 0.0175 e. The lowest BCUT2D eigenvalue weighted by atomic mass is 9.83. The molecule has 1 unspecified atom stereocenters. The first kappa shape index (κ1) is 12.3. The van der Waals surface area contributed by atoms with Gasteiger partial charge in [-0.3, -0.25) is 0 Å². The molecule has 1 aromatic rings. The minimum Gasteiger partial charge on any atom is -0.304 e. The number of rotatable bonds is 4. The van der Waals surface area contributed by atoms with Crippen molar-refractivity contribution in [3.8, 4) is 0 Å². The van der Waals surface area contributed by atoms with E-state index in [1.807, 2.05) is 0 Å². The summed E-state index contributed by atoms with van der Waals surface area (Å²) in [5, 5.41) is 0. The summed E-state index contributed by atoms with van der Waals surface area (Å²) in [4.78, 5) is 2.31. The van der Waals surface area contributed by atoms with Crippen molar-refractivity contribution in [1.82, 2.24) is 4.90 Å². The molecule has 0 bridgehead atoms. The Balaban J connectivity index is 2.67. The lowest BCUT2D eigenvalue weighted by Crippen LogP contribution is -2.44. The van der Waals surface area contributed by atoms with E-state index in [-0.39, 0.29) is 5.54 Å². The van der Waals surface area contributed by atoms with Crippen LogP contribution >= 0.6 is 0 Å². The van der Waals surface area contributed by atoms with E-state index in [0.717, 1.165) is 6.42 Å². The van der Waals surface area contributed by atoms with Crippen LogP contribution in [0.1, 0.15) is 26.3 Å². The zero-order chi connectivity index (χ0) is 11.5. The van der Waals surface area contributed by atoms with Crippen LogP contribution in [0.25, 0.3) is 0 Å². The first-order chi connectivity index (χ1) is 6.94. The van der Waals surface area contributed by atoms with E-state index >= 15 is 0 Å². The Labute approximate surface area is 94.1 Å². The fraction of sp³-hybridized carbons (Fsp3) is 0.571. The maximum absolute atomic E-state index is 2.33. The molecule has 0 radical (unpaired) electrons. The van der Waals surface area contributed by atoms with Gasteiger partial charge < -0.3 is 4.90 Å². The van der Waals surface area contributed by atoms with Gasteiger partial charge in [0.05, 0.1) is 0 Å². The summed E-state index contributed by atoms with van der Waals surface area (Å²) in [6, 6.07) is 10.7. The molecule has 0 fully saturated rings. The third-order valence-electron chi connectivity index (χ3n) is 3.74. The van der Waals surface area contributed by atoms with Gasteiger partial charge >= 0.3 is 0 Å². The van der Waals surface area contributed by atoms with Gasteiger partial charge in [-0.05, 0) is 45.8 Å². The molecule has 1 rings (SSSR count). The van der Waals surface area contributed by atoms with Gasteiger partial charge in [0.2, 0.25) is 0 Å². The fourth-order valence-corrected chi connectivity index (χ4v) is 1.66. The van der Waals surface area contributed by atoms with Gasteiger partial charge in [-0.2, -0.15) is 0 Å². The first-order valence-corrected chi connectivity index (χ1v) is 5.66. The summed E-state index contributed by atoms with van der Waals surface area (Å²) in [5.74, 6) is 0.648. The number of benzene rings is 1. The molecule has 0 aromatic heterocycles. The summed E-state index contributed by atoms with van der Waals surface area (Å²) in [5.41, 5.74) is 1.68. The van der Waals surface area contributed by atoms with E-state index in [1.54, 1.807) is 0 Å². The normalized spacial score (nSPS) is 14.3. The van der Waals surface area contributed by atoms with Crippen LogP contribution in [0.15, 0.2) is 30.3 Å². The Kier molecular flexibility index (Phi) is 3.92. The first-order valence-electron chi connectivity index (χ1n) is 5.66. The molecule has 1 heteroatoms. The molecule has 0 N–H and O–H groups in total. The van der Waals surface area contributed by atoms with Crippen LogP contribution in [0.2, 0.25) is 0 Å². The standard InChI is InChI=1S/C14H23N/c1-12(14(2,3)15(4)5)11-13-9-7-6-8-10-13/h6-10,12H,11H2,1-5H3. The summed E-state index contributed by atoms with van der Waals surface area (Å²) in [6.45, 7) is 6.94. The molecular weight excluding hydrogens is 182 g/mol.